The molecule has 0 radical (unpaired) electrons. The average Bonchev–Trinajstić information content (AvgIpc) is 2.80. The van der Waals surface area contributed by atoms with Gasteiger partial charge >= 0.3 is 0 Å². The molecule has 0 bridgehead atoms. The zero-order chi connectivity index (χ0) is 24.1. The lowest BCUT2D eigenvalue weighted by atomic mass is 10.1. The van der Waals surface area contributed by atoms with Crippen LogP contribution in [-0.2, 0) is 0 Å². The largest absolute Gasteiger partial charge is 0.490 e. The minimum atomic E-state index is -0.222. The Kier molecular flexibility index (Phi) is 8.54. The number of ether oxygens (including phenoxy) is 2. The Balaban J connectivity index is 2.11. The summed E-state index contributed by atoms with van der Waals surface area (Å²) in [6.07, 6.45) is 3.27. The molecule has 0 spiro atoms. The van der Waals surface area contributed by atoms with Gasteiger partial charge in [0.25, 0.3) is 5.56 Å². The van der Waals surface area contributed by atoms with E-state index < -0.39 is 0 Å². The fourth-order valence-electron chi connectivity index (χ4n) is 3.23. The van der Waals surface area contributed by atoms with Crippen LogP contribution in [0.3, 0.4) is 0 Å². The van der Waals surface area contributed by atoms with E-state index in [0.717, 1.165) is 17.3 Å². The minimum absolute atomic E-state index is 0.000822. The van der Waals surface area contributed by atoms with Crippen LogP contribution in [-0.4, -0.2) is 28.6 Å². The first-order valence-corrected chi connectivity index (χ1v) is 12.4. The molecule has 0 unspecified atom stereocenters. The molecule has 0 fully saturated rings. The van der Waals surface area contributed by atoms with Crippen LogP contribution in [0.1, 0.15) is 64.8 Å². The van der Waals surface area contributed by atoms with Crippen molar-refractivity contribution in [2.75, 3.05) is 6.61 Å². The molecule has 1 heterocycles. The number of halogens is 2. The van der Waals surface area contributed by atoms with Crippen LogP contribution in [0.25, 0.3) is 10.9 Å². The number of nitrogens with zero attached hydrogens (tertiary/aromatic N) is 3. The van der Waals surface area contributed by atoms with Gasteiger partial charge in [0.05, 0.1) is 34.9 Å². The first-order chi connectivity index (χ1) is 15.8. The van der Waals surface area contributed by atoms with Crippen molar-refractivity contribution in [3.8, 4) is 11.5 Å². The van der Waals surface area contributed by atoms with Crippen LogP contribution in [0.5, 0.6) is 11.5 Å². The molecule has 6 nitrogen and oxygen atoms in total. The Hall–Kier alpha value is -2.38. The first kappa shape index (κ1) is 25.2. The van der Waals surface area contributed by atoms with Crippen molar-refractivity contribution in [1.29, 1.82) is 0 Å². The third-order valence-electron chi connectivity index (χ3n) is 5.43. The van der Waals surface area contributed by atoms with Gasteiger partial charge in [-0.25, -0.2) is 4.98 Å². The predicted molar refractivity (Wildman–Crippen MR) is 138 cm³/mol. The highest BCUT2D eigenvalue weighted by molar-refractivity contribution is 9.10. The predicted octanol–water partition coefficient (Wildman–Crippen LogP) is 6.78. The highest BCUT2D eigenvalue weighted by atomic mass is 79.9. The summed E-state index contributed by atoms with van der Waals surface area (Å²) in [5, 5.41) is 5.45. The van der Waals surface area contributed by atoms with Crippen LogP contribution in [0.2, 0.25) is 5.02 Å². The maximum atomic E-state index is 13.3. The van der Waals surface area contributed by atoms with E-state index in [1.807, 2.05) is 45.9 Å². The van der Waals surface area contributed by atoms with Crippen LogP contribution in [0.4, 0.5) is 0 Å². The molecule has 1 aromatic heterocycles. The maximum Gasteiger partial charge on any atom is 0.282 e. The van der Waals surface area contributed by atoms with E-state index in [4.69, 9.17) is 26.1 Å². The lowest BCUT2D eigenvalue weighted by Gasteiger charge is -2.18. The van der Waals surface area contributed by atoms with Crippen LogP contribution < -0.4 is 15.0 Å². The molecule has 3 aromatic rings. The van der Waals surface area contributed by atoms with Crippen molar-refractivity contribution in [1.82, 2.24) is 9.66 Å². The molecule has 176 valence electrons. The standard InChI is InChI=1S/C25H29BrClN3O3/c1-6-15(4)24-29-21-10-9-18(26)13-19(21)25(31)30(24)28-14-17-11-20(27)23(33-16(5)7-2)22(12-17)32-8-3/h9-16H,6-8H2,1-5H3/t15-,16-/m0/s1. The normalized spacial score (nSPS) is 13.4. The second kappa shape index (κ2) is 11.2. The van der Waals surface area contributed by atoms with Crippen LogP contribution in [0.15, 0.2) is 44.7 Å². The fourth-order valence-corrected chi connectivity index (χ4v) is 3.85. The number of rotatable bonds is 9. The smallest absolute Gasteiger partial charge is 0.282 e. The molecule has 8 heteroatoms. The van der Waals surface area contributed by atoms with Crippen LogP contribution in [0, 0.1) is 0 Å². The molecular weight excluding hydrogens is 506 g/mol. The van der Waals surface area contributed by atoms with E-state index in [1.54, 1.807) is 18.3 Å². The minimum Gasteiger partial charge on any atom is -0.490 e. The van der Waals surface area contributed by atoms with Gasteiger partial charge in [0, 0.05) is 10.4 Å². The van der Waals surface area contributed by atoms with Crippen molar-refractivity contribution in [3.63, 3.8) is 0 Å². The third-order valence-corrected chi connectivity index (χ3v) is 6.21. The van der Waals surface area contributed by atoms with E-state index in [9.17, 15) is 4.79 Å². The van der Waals surface area contributed by atoms with Crippen LogP contribution >= 0.6 is 27.5 Å². The lowest BCUT2D eigenvalue weighted by Crippen LogP contribution is -2.23. The Morgan fingerprint density at radius 2 is 1.94 bits per heavy atom. The average molecular weight is 535 g/mol. The Morgan fingerprint density at radius 3 is 2.61 bits per heavy atom. The topological polar surface area (TPSA) is 65.7 Å². The molecular formula is C25H29BrClN3O3. The number of benzene rings is 2. The van der Waals surface area contributed by atoms with Crippen molar-refractivity contribution in [3.05, 3.63) is 61.6 Å². The van der Waals surface area contributed by atoms with Crippen molar-refractivity contribution in [2.45, 2.75) is 59.5 Å². The summed E-state index contributed by atoms with van der Waals surface area (Å²) in [5.74, 6) is 1.72. The molecule has 0 aliphatic carbocycles. The van der Waals surface area contributed by atoms with E-state index in [1.165, 1.54) is 4.68 Å². The van der Waals surface area contributed by atoms with Gasteiger partial charge in [0.2, 0.25) is 0 Å². The molecule has 3 rings (SSSR count). The van der Waals surface area contributed by atoms with Gasteiger partial charge in [0.1, 0.15) is 5.82 Å². The highest BCUT2D eigenvalue weighted by Crippen LogP contribution is 2.37. The fraction of sp³-hybridized carbons (Fsp3) is 0.400. The van der Waals surface area contributed by atoms with Gasteiger partial charge in [-0.15, -0.1) is 0 Å². The molecule has 0 N–H and O–H groups in total. The second-order valence-electron chi connectivity index (χ2n) is 7.90. The second-order valence-corrected chi connectivity index (χ2v) is 9.22. The van der Waals surface area contributed by atoms with Gasteiger partial charge in [-0.2, -0.15) is 9.78 Å². The van der Waals surface area contributed by atoms with E-state index in [0.29, 0.717) is 45.4 Å². The summed E-state index contributed by atoms with van der Waals surface area (Å²) in [4.78, 5) is 18.0. The summed E-state index contributed by atoms with van der Waals surface area (Å²) in [5.41, 5.74) is 1.12. The van der Waals surface area contributed by atoms with Gasteiger partial charge in [-0.05, 0) is 62.6 Å². The van der Waals surface area contributed by atoms with E-state index in [2.05, 4.69) is 28.0 Å². The molecule has 0 saturated carbocycles. The number of hydrogen-bond acceptors (Lipinski definition) is 5. The number of fused-ring (bicyclic) bond motifs is 1. The zero-order valence-corrected chi connectivity index (χ0v) is 21.9. The van der Waals surface area contributed by atoms with Gasteiger partial charge in [-0.1, -0.05) is 48.3 Å². The molecule has 0 aliphatic heterocycles. The highest BCUT2D eigenvalue weighted by Gasteiger charge is 2.17. The Bertz CT molecular complexity index is 1230. The molecule has 2 aromatic carbocycles. The molecule has 33 heavy (non-hydrogen) atoms. The Morgan fingerprint density at radius 1 is 1.18 bits per heavy atom. The monoisotopic (exact) mass is 533 g/mol. The van der Waals surface area contributed by atoms with Gasteiger partial charge < -0.3 is 9.47 Å². The summed E-state index contributed by atoms with van der Waals surface area (Å²) in [6, 6.07) is 9.05. The van der Waals surface area contributed by atoms with E-state index in [-0.39, 0.29) is 17.6 Å². The molecule has 2 atom stereocenters. The number of hydrogen-bond donors (Lipinski definition) is 0. The summed E-state index contributed by atoms with van der Waals surface area (Å²) >= 11 is 9.96. The maximum absolute atomic E-state index is 13.3. The SMILES string of the molecule is CCOc1cc(C=Nn2c([C@@H](C)CC)nc3ccc(Br)cc3c2=O)cc(Cl)c1O[C@@H](C)CC. The Labute approximate surface area is 207 Å². The van der Waals surface area contributed by atoms with Crippen molar-refractivity contribution >= 4 is 44.6 Å². The van der Waals surface area contributed by atoms with E-state index >= 15 is 0 Å². The van der Waals surface area contributed by atoms with Gasteiger partial charge in [0.15, 0.2) is 11.5 Å². The number of aromatic nitrogens is 2. The van der Waals surface area contributed by atoms with Gasteiger partial charge in [-0.3, -0.25) is 4.79 Å². The zero-order valence-electron chi connectivity index (χ0n) is 19.6. The third kappa shape index (κ3) is 5.76. The molecule has 0 amide bonds. The summed E-state index contributed by atoms with van der Waals surface area (Å²) < 4.78 is 13.9. The first-order valence-electron chi connectivity index (χ1n) is 11.2. The molecule has 0 aliphatic rings. The van der Waals surface area contributed by atoms with Crippen molar-refractivity contribution < 1.29 is 9.47 Å². The van der Waals surface area contributed by atoms with Crippen molar-refractivity contribution in [2.24, 2.45) is 5.10 Å². The molecule has 0 saturated heterocycles. The lowest BCUT2D eigenvalue weighted by molar-refractivity contribution is 0.203. The summed E-state index contributed by atoms with van der Waals surface area (Å²) in [7, 11) is 0. The summed E-state index contributed by atoms with van der Waals surface area (Å²) in [6.45, 7) is 10.5. The quantitative estimate of drug-likeness (QED) is 0.284.